The Morgan fingerprint density at radius 1 is 1.32 bits per heavy atom. The van der Waals surface area contributed by atoms with Gasteiger partial charge in [-0.2, -0.15) is 4.98 Å². The molecule has 2 aromatic rings. The third kappa shape index (κ3) is 2.80. The second-order valence-electron chi connectivity index (χ2n) is 5.09. The van der Waals surface area contributed by atoms with Crippen molar-refractivity contribution in [3.05, 3.63) is 35.2 Å². The van der Waals surface area contributed by atoms with Gasteiger partial charge in [-0.3, -0.25) is 0 Å². The summed E-state index contributed by atoms with van der Waals surface area (Å²) in [6.45, 7) is 0. The zero-order valence-corrected chi connectivity index (χ0v) is 11.3. The number of nitrogens with two attached hydrogens (primary N) is 1. The lowest BCUT2D eigenvalue weighted by molar-refractivity contribution is 0.299. The summed E-state index contributed by atoms with van der Waals surface area (Å²) >= 11 is 5.97. The van der Waals surface area contributed by atoms with E-state index in [2.05, 4.69) is 10.1 Å². The van der Waals surface area contributed by atoms with E-state index >= 15 is 0 Å². The van der Waals surface area contributed by atoms with Crippen molar-refractivity contribution in [1.82, 2.24) is 10.1 Å². The first kappa shape index (κ1) is 12.6. The molecule has 3 rings (SSSR count). The van der Waals surface area contributed by atoms with Gasteiger partial charge in [0.15, 0.2) is 0 Å². The Bertz CT molecular complexity index is 569. The molecule has 5 heteroatoms. The van der Waals surface area contributed by atoms with Crippen molar-refractivity contribution < 1.29 is 4.52 Å². The Hall–Kier alpha value is -1.39. The molecule has 2 atom stereocenters. The molecule has 4 nitrogen and oxygen atoms in total. The second-order valence-corrected chi connectivity index (χ2v) is 5.53. The number of hydrogen-bond donors (Lipinski definition) is 1. The minimum Gasteiger partial charge on any atom is -0.339 e. The highest BCUT2D eigenvalue weighted by molar-refractivity contribution is 6.30. The first-order valence-corrected chi connectivity index (χ1v) is 6.95. The lowest BCUT2D eigenvalue weighted by Crippen LogP contribution is -2.26. The highest BCUT2D eigenvalue weighted by atomic mass is 35.5. The molecule has 1 aromatic heterocycles. The molecule has 19 heavy (non-hydrogen) atoms. The number of halogens is 1. The van der Waals surface area contributed by atoms with Crippen molar-refractivity contribution in [2.24, 2.45) is 5.73 Å². The first-order valence-electron chi connectivity index (χ1n) is 6.57. The van der Waals surface area contributed by atoms with Crippen molar-refractivity contribution >= 4 is 11.6 Å². The highest BCUT2D eigenvalue weighted by Gasteiger charge is 2.25. The smallest absolute Gasteiger partial charge is 0.230 e. The van der Waals surface area contributed by atoms with E-state index in [4.69, 9.17) is 21.9 Å². The molecule has 1 saturated carbocycles. The quantitative estimate of drug-likeness (QED) is 0.914. The summed E-state index contributed by atoms with van der Waals surface area (Å²) in [7, 11) is 0. The highest BCUT2D eigenvalue weighted by Crippen LogP contribution is 2.32. The van der Waals surface area contributed by atoms with E-state index in [-0.39, 0.29) is 6.04 Å². The van der Waals surface area contributed by atoms with Gasteiger partial charge in [0.05, 0.1) is 0 Å². The number of benzene rings is 1. The zero-order chi connectivity index (χ0) is 13.2. The van der Waals surface area contributed by atoms with E-state index in [0.717, 1.165) is 31.2 Å². The molecule has 1 heterocycles. The van der Waals surface area contributed by atoms with Crippen molar-refractivity contribution in [2.45, 2.75) is 37.6 Å². The van der Waals surface area contributed by atoms with Gasteiger partial charge >= 0.3 is 0 Å². The van der Waals surface area contributed by atoms with E-state index in [1.807, 2.05) is 24.3 Å². The lowest BCUT2D eigenvalue weighted by Gasteiger charge is -2.23. The molecule has 0 spiro atoms. The molecule has 1 fully saturated rings. The van der Waals surface area contributed by atoms with Gasteiger partial charge in [0.2, 0.25) is 11.7 Å². The van der Waals surface area contributed by atoms with E-state index in [1.165, 1.54) is 0 Å². The fraction of sp³-hybridized carbons (Fsp3) is 0.429. The molecule has 2 unspecified atom stereocenters. The number of rotatable bonds is 2. The third-order valence-corrected chi connectivity index (χ3v) is 3.82. The van der Waals surface area contributed by atoms with Crippen LogP contribution in [0.3, 0.4) is 0 Å². The molecular weight excluding hydrogens is 262 g/mol. The van der Waals surface area contributed by atoms with Gasteiger partial charge in [-0.15, -0.1) is 0 Å². The molecule has 0 saturated heterocycles. The molecule has 100 valence electrons. The van der Waals surface area contributed by atoms with E-state index in [1.54, 1.807) is 0 Å². The maximum Gasteiger partial charge on any atom is 0.230 e. The molecule has 0 radical (unpaired) electrons. The van der Waals surface area contributed by atoms with Crippen molar-refractivity contribution in [3.63, 3.8) is 0 Å². The normalized spacial score (nSPS) is 23.5. The Kier molecular flexibility index (Phi) is 3.53. The van der Waals surface area contributed by atoms with E-state index in [0.29, 0.717) is 22.7 Å². The van der Waals surface area contributed by atoms with Crippen LogP contribution >= 0.6 is 11.6 Å². The summed E-state index contributed by atoms with van der Waals surface area (Å²) in [5, 5.41) is 4.71. The third-order valence-electron chi connectivity index (χ3n) is 3.59. The van der Waals surface area contributed by atoms with Crippen LogP contribution in [0.5, 0.6) is 0 Å². The number of aromatic nitrogens is 2. The molecule has 0 amide bonds. The fourth-order valence-corrected chi connectivity index (χ4v) is 2.79. The molecule has 1 aliphatic carbocycles. The first-order chi connectivity index (χ1) is 9.22. The summed E-state index contributed by atoms with van der Waals surface area (Å²) < 4.78 is 5.39. The average molecular weight is 278 g/mol. The van der Waals surface area contributed by atoms with Crippen molar-refractivity contribution in [2.75, 3.05) is 0 Å². The van der Waals surface area contributed by atoms with Gasteiger partial charge in [0, 0.05) is 22.5 Å². The van der Waals surface area contributed by atoms with Crippen LogP contribution in [0, 0.1) is 0 Å². The second kappa shape index (κ2) is 5.31. The Labute approximate surface area is 117 Å². The van der Waals surface area contributed by atoms with Gasteiger partial charge in [-0.05, 0) is 31.4 Å². The monoisotopic (exact) mass is 277 g/mol. The lowest BCUT2D eigenvalue weighted by atomic mass is 9.86. The van der Waals surface area contributed by atoms with E-state index < -0.39 is 0 Å². The van der Waals surface area contributed by atoms with Crippen LogP contribution < -0.4 is 5.73 Å². The fourth-order valence-electron chi connectivity index (χ4n) is 2.60. The standard InChI is InChI=1S/C14H16ClN3O/c15-11-5-1-3-9(7-11)13-17-14(19-18-13)10-4-2-6-12(16)8-10/h1,3,5,7,10,12H,2,4,6,8,16H2. The Morgan fingerprint density at radius 3 is 3.00 bits per heavy atom. The zero-order valence-electron chi connectivity index (χ0n) is 10.6. The largest absolute Gasteiger partial charge is 0.339 e. The van der Waals surface area contributed by atoms with Crippen LogP contribution in [0.2, 0.25) is 5.02 Å². The van der Waals surface area contributed by atoms with Crippen LogP contribution in [-0.4, -0.2) is 16.2 Å². The minimum atomic E-state index is 0.250. The van der Waals surface area contributed by atoms with Crippen LogP contribution in [-0.2, 0) is 0 Å². The SMILES string of the molecule is NC1CCCC(c2nc(-c3cccc(Cl)c3)no2)C1. The van der Waals surface area contributed by atoms with Crippen LogP contribution in [0.1, 0.15) is 37.5 Å². The maximum absolute atomic E-state index is 5.99. The van der Waals surface area contributed by atoms with Gasteiger partial charge in [-0.25, -0.2) is 0 Å². The number of nitrogens with zero attached hydrogens (tertiary/aromatic N) is 2. The molecule has 1 aliphatic rings. The van der Waals surface area contributed by atoms with Gasteiger partial charge in [0.25, 0.3) is 0 Å². The Balaban J connectivity index is 1.83. The predicted molar refractivity (Wildman–Crippen MR) is 73.9 cm³/mol. The van der Waals surface area contributed by atoms with Gasteiger partial charge < -0.3 is 10.3 Å². The van der Waals surface area contributed by atoms with Gasteiger partial charge in [-0.1, -0.05) is 35.3 Å². The molecular formula is C14H16ClN3O. The summed E-state index contributed by atoms with van der Waals surface area (Å²) in [5.74, 6) is 1.59. The van der Waals surface area contributed by atoms with Crippen LogP contribution in [0.15, 0.2) is 28.8 Å². The van der Waals surface area contributed by atoms with Crippen LogP contribution in [0.25, 0.3) is 11.4 Å². The topological polar surface area (TPSA) is 64.9 Å². The molecule has 1 aromatic carbocycles. The van der Waals surface area contributed by atoms with Crippen molar-refractivity contribution in [3.8, 4) is 11.4 Å². The number of hydrogen-bond acceptors (Lipinski definition) is 4. The summed E-state index contributed by atoms with van der Waals surface area (Å²) in [4.78, 5) is 4.49. The van der Waals surface area contributed by atoms with Crippen LogP contribution in [0.4, 0.5) is 0 Å². The Morgan fingerprint density at radius 2 is 2.21 bits per heavy atom. The summed E-state index contributed by atoms with van der Waals surface area (Å²) in [5.41, 5.74) is 6.87. The maximum atomic E-state index is 5.99. The minimum absolute atomic E-state index is 0.250. The molecule has 0 bridgehead atoms. The molecule has 2 N–H and O–H groups in total. The van der Waals surface area contributed by atoms with E-state index in [9.17, 15) is 0 Å². The molecule has 0 aliphatic heterocycles. The van der Waals surface area contributed by atoms with Gasteiger partial charge in [0.1, 0.15) is 0 Å². The summed E-state index contributed by atoms with van der Waals surface area (Å²) in [6, 6.07) is 7.71. The van der Waals surface area contributed by atoms with Crippen molar-refractivity contribution in [1.29, 1.82) is 0 Å². The average Bonchev–Trinajstić information content (AvgIpc) is 2.88. The predicted octanol–water partition coefficient (Wildman–Crippen LogP) is 3.37. The summed E-state index contributed by atoms with van der Waals surface area (Å²) in [6.07, 6.45) is 4.22.